The zero-order chi connectivity index (χ0) is 12.1. The van der Waals surface area contributed by atoms with Crippen LogP contribution in [0.5, 0.6) is 0 Å². The molecule has 3 nitrogen and oxygen atoms in total. The van der Waals surface area contributed by atoms with Crippen LogP contribution in [0.3, 0.4) is 0 Å². The summed E-state index contributed by atoms with van der Waals surface area (Å²) in [4.78, 5) is 7.95. The maximum absolute atomic E-state index is 5.88. The largest absolute Gasteiger partial charge is 0.315 e. The van der Waals surface area contributed by atoms with Crippen molar-refractivity contribution in [2.75, 3.05) is 19.6 Å². The summed E-state index contributed by atoms with van der Waals surface area (Å²) in [6.07, 6.45) is 5.70. The second-order valence-electron chi connectivity index (χ2n) is 4.55. The lowest BCUT2D eigenvalue weighted by Crippen LogP contribution is -2.45. The van der Waals surface area contributed by atoms with Crippen molar-refractivity contribution in [1.82, 2.24) is 15.2 Å². The van der Waals surface area contributed by atoms with Gasteiger partial charge in [0.15, 0.2) is 4.47 Å². The van der Waals surface area contributed by atoms with Crippen molar-refractivity contribution in [1.29, 1.82) is 0 Å². The summed E-state index contributed by atoms with van der Waals surface area (Å²) in [6, 6.07) is 0.671. The minimum absolute atomic E-state index is 0.651. The van der Waals surface area contributed by atoms with Crippen LogP contribution in [0.4, 0.5) is 0 Å². The summed E-state index contributed by atoms with van der Waals surface area (Å²) in [5.41, 5.74) is 0. The molecule has 1 N–H and O–H groups in total. The van der Waals surface area contributed by atoms with Crippen LogP contribution in [0, 0.1) is 0 Å². The zero-order valence-electron chi connectivity index (χ0n) is 10.3. The lowest BCUT2D eigenvalue weighted by Gasteiger charge is -2.34. The predicted molar refractivity (Wildman–Crippen MR) is 73.7 cm³/mol. The van der Waals surface area contributed by atoms with E-state index in [0.29, 0.717) is 10.5 Å². The number of rotatable bonds is 5. The third-order valence-corrected chi connectivity index (χ3v) is 4.28. The molecular formula is C12H20ClN3S. The average molecular weight is 274 g/mol. The van der Waals surface area contributed by atoms with E-state index in [1.54, 1.807) is 11.3 Å². The molecule has 96 valence electrons. The van der Waals surface area contributed by atoms with Crippen molar-refractivity contribution in [2.45, 2.75) is 38.8 Å². The third-order valence-electron chi connectivity index (χ3n) is 3.18. The number of hydrogen-bond donors (Lipinski definition) is 1. The van der Waals surface area contributed by atoms with E-state index < -0.39 is 0 Å². The number of thiazole rings is 1. The monoisotopic (exact) mass is 273 g/mol. The van der Waals surface area contributed by atoms with E-state index in [9.17, 15) is 0 Å². The van der Waals surface area contributed by atoms with Crippen LogP contribution in [0.2, 0.25) is 4.47 Å². The molecule has 1 aliphatic rings. The summed E-state index contributed by atoms with van der Waals surface area (Å²) < 4.78 is 0.651. The molecule has 0 spiro atoms. The Kier molecular flexibility index (Phi) is 5.22. The quantitative estimate of drug-likeness (QED) is 0.894. The first-order valence-corrected chi connectivity index (χ1v) is 7.54. The Morgan fingerprint density at radius 2 is 2.53 bits per heavy atom. The van der Waals surface area contributed by atoms with Crippen molar-refractivity contribution >= 4 is 22.9 Å². The summed E-state index contributed by atoms with van der Waals surface area (Å²) in [7, 11) is 0. The molecule has 0 saturated carbocycles. The molecule has 1 aromatic rings. The van der Waals surface area contributed by atoms with Gasteiger partial charge in [-0.1, -0.05) is 18.5 Å². The van der Waals surface area contributed by atoms with Crippen LogP contribution in [-0.2, 0) is 6.54 Å². The summed E-state index contributed by atoms with van der Waals surface area (Å²) in [5, 5.41) is 3.48. The Morgan fingerprint density at radius 1 is 1.65 bits per heavy atom. The van der Waals surface area contributed by atoms with Gasteiger partial charge in [-0.2, -0.15) is 0 Å². The highest BCUT2D eigenvalue weighted by Gasteiger charge is 2.20. The van der Waals surface area contributed by atoms with Crippen molar-refractivity contribution in [3.8, 4) is 0 Å². The van der Waals surface area contributed by atoms with Crippen LogP contribution >= 0.6 is 22.9 Å². The van der Waals surface area contributed by atoms with Gasteiger partial charge >= 0.3 is 0 Å². The highest BCUT2D eigenvalue weighted by molar-refractivity contribution is 7.15. The number of hydrogen-bond acceptors (Lipinski definition) is 4. The van der Waals surface area contributed by atoms with Gasteiger partial charge in [-0.15, -0.1) is 11.3 Å². The Balaban J connectivity index is 1.95. The minimum atomic E-state index is 0.651. The first-order chi connectivity index (χ1) is 8.29. The van der Waals surface area contributed by atoms with Crippen LogP contribution in [0.25, 0.3) is 0 Å². The van der Waals surface area contributed by atoms with Crippen molar-refractivity contribution in [2.24, 2.45) is 0 Å². The Morgan fingerprint density at radius 3 is 3.12 bits per heavy atom. The second kappa shape index (κ2) is 6.69. The fourth-order valence-electron chi connectivity index (χ4n) is 2.38. The maximum Gasteiger partial charge on any atom is 0.183 e. The second-order valence-corrected chi connectivity index (χ2v) is 6.25. The zero-order valence-corrected chi connectivity index (χ0v) is 11.9. The molecule has 0 bridgehead atoms. The van der Waals surface area contributed by atoms with Gasteiger partial charge in [-0.25, -0.2) is 4.98 Å². The van der Waals surface area contributed by atoms with E-state index >= 15 is 0 Å². The SMILES string of the molecule is CCCN(Cc1cnc(Cl)s1)C1CCCNC1. The number of halogens is 1. The number of nitrogens with one attached hydrogen (secondary N) is 1. The van der Waals surface area contributed by atoms with E-state index in [2.05, 4.69) is 22.1 Å². The first kappa shape index (κ1) is 13.3. The van der Waals surface area contributed by atoms with Crippen LogP contribution < -0.4 is 5.32 Å². The number of aromatic nitrogens is 1. The third kappa shape index (κ3) is 3.91. The molecule has 1 fully saturated rings. The highest BCUT2D eigenvalue weighted by atomic mass is 35.5. The molecule has 2 rings (SSSR count). The lowest BCUT2D eigenvalue weighted by atomic mass is 10.1. The van der Waals surface area contributed by atoms with E-state index in [1.807, 2.05) is 6.20 Å². The van der Waals surface area contributed by atoms with Crippen molar-refractivity contribution in [3.05, 3.63) is 15.5 Å². The average Bonchev–Trinajstić information content (AvgIpc) is 2.75. The summed E-state index contributed by atoms with van der Waals surface area (Å²) >= 11 is 7.48. The van der Waals surface area contributed by atoms with Gasteiger partial charge in [0.25, 0.3) is 0 Å². The normalized spacial score (nSPS) is 21.0. The smallest absolute Gasteiger partial charge is 0.183 e. The highest BCUT2D eigenvalue weighted by Crippen LogP contribution is 2.21. The summed E-state index contributed by atoms with van der Waals surface area (Å²) in [5.74, 6) is 0. The number of nitrogens with zero attached hydrogens (tertiary/aromatic N) is 2. The molecule has 5 heteroatoms. The van der Waals surface area contributed by atoms with E-state index in [0.717, 1.165) is 19.6 Å². The predicted octanol–water partition coefficient (Wildman–Crippen LogP) is 2.76. The molecule has 1 atom stereocenters. The Labute approximate surface area is 112 Å². The van der Waals surface area contributed by atoms with Crippen LogP contribution in [0.1, 0.15) is 31.1 Å². The molecule has 0 radical (unpaired) electrons. The summed E-state index contributed by atoms with van der Waals surface area (Å²) in [6.45, 7) is 6.67. The van der Waals surface area contributed by atoms with Gasteiger partial charge in [0, 0.05) is 30.2 Å². The van der Waals surface area contributed by atoms with Gasteiger partial charge in [0.05, 0.1) is 0 Å². The Bertz CT molecular complexity index is 336. The molecule has 1 saturated heterocycles. The number of piperidine rings is 1. The molecule has 1 unspecified atom stereocenters. The molecule has 17 heavy (non-hydrogen) atoms. The molecule has 0 aromatic carbocycles. The fourth-order valence-corrected chi connectivity index (χ4v) is 3.38. The topological polar surface area (TPSA) is 28.2 Å². The van der Waals surface area contributed by atoms with E-state index in [4.69, 9.17) is 11.6 Å². The van der Waals surface area contributed by atoms with Crippen LogP contribution in [-0.4, -0.2) is 35.6 Å². The van der Waals surface area contributed by atoms with Gasteiger partial charge in [-0.05, 0) is 32.4 Å². The molecular weight excluding hydrogens is 254 g/mol. The standard InChI is InChI=1S/C12H20ClN3S/c1-2-6-16(10-4-3-5-14-7-10)9-11-8-15-12(13)17-11/h8,10,14H,2-7,9H2,1H3. The maximum atomic E-state index is 5.88. The van der Waals surface area contributed by atoms with Crippen LogP contribution in [0.15, 0.2) is 6.20 Å². The molecule has 1 aromatic heterocycles. The van der Waals surface area contributed by atoms with E-state index in [-0.39, 0.29) is 0 Å². The van der Waals surface area contributed by atoms with Crippen molar-refractivity contribution in [3.63, 3.8) is 0 Å². The molecule has 1 aliphatic heterocycles. The van der Waals surface area contributed by atoms with Gasteiger partial charge < -0.3 is 5.32 Å². The first-order valence-electron chi connectivity index (χ1n) is 6.34. The van der Waals surface area contributed by atoms with Gasteiger partial charge in [-0.3, -0.25) is 4.90 Å². The fraction of sp³-hybridized carbons (Fsp3) is 0.750. The molecule has 0 aliphatic carbocycles. The van der Waals surface area contributed by atoms with Gasteiger partial charge in [0.1, 0.15) is 0 Å². The van der Waals surface area contributed by atoms with E-state index in [1.165, 1.54) is 30.7 Å². The van der Waals surface area contributed by atoms with Crippen molar-refractivity contribution < 1.29 is 0 Å². The molecule has 0 amide bonds. The van der Waals surface area contributed by atoms with Gasteiger partial charge in [0.2, 0.25) is 0 Å². The Hall–Kier alpha value is -0.160. The minimum Gasteiger partial charge on any atom is -0.315 e. The molecule has 2 heterocycles. The lowest BCUT2D eigenvalue weighted by molar-refractivity contribution is 0.159.